The maximum atomic E-state index is 12.0. The lowest BCUT2D eigenvalue weighted by molar-refractivity contribution is -0.124. The van der Waals surface area contributed by atoms with E-state index in [2.05, 4.69) is 45.7 Å². The van der Waals surface area contributed by atoms with Crippen LogP contribution in [0.5, 0.6) is 0 Å². The molecule has 0 bridgehead atoms. The average molecular weight is 349 g/mol. The molecule has 0 aliphatic heterocycles. The number of benzene rings is 2. The van der Waals surface area contributed by atoms with Gasteiger partial charge in [0.15, 0.2) is 0 Å². The molecule has 1 heterocycles. The standard InChI is InChI=1S/C20H23N5O/c1-15(10-21)20(26)23-11-18-4-2-3-5-19(18)17-8-6-16(7-9-17)12-25-14-22-13-24-25/h2-9,13-15H,10-12,21H2,1H3,(H,23,26). The van der Waals surface area contributed by atoms with E-state index in [9.17, 15) is 4.79 Å². The molecule has 2 aromatic carbocycles. The molecule has 0 radical (unpaired) electrons. The quantitative estimate of drug-likeness (QED) is 0.685. The monoisotopic (exact) mass is 349 g/mol. The molecule has 3 rings (SSSR count). The topological polar surface area (TPSA) is 85.8 Å². The fourth-order valence-electron chi connectivity index (χ4n) is 2.71. The lowest BCUT2D eigenvalue weighted by Gasteiger charge is -2.13. The summed E-state index contributed by atoms with van der Waals surface area (Å²) in [6.07, 6.45) is 3.23. The second kappa shape index (κ2) is 8.40. The summed E-state index contributed by atoms with van der Waals surface area (Å²) < 4.78 is 1.79. The first-order valence-electron chi connectivity index (χ1n) is 8.65. The number of carbonyl (C=O) groups is 1. The summed E-state index contributed by atoms with van der Waals surface area (Å²) in [5.41, 5.74) is 10.0. The van der Waals surface area contributed by atoms with Gasteiger partial charge in [-0.25, -0.2) is 9.67 Å². The van der Waals surface area contributed by atoms with Crippen LogP contribution >= 0.6 is 0 Å². The molecule has 26 heavy (non-hydrogen) atoms. The van der Waals surface area contributed by atoms with Gasteiger partial charge in [0.05, 0.1) is 6.54 Å². The molecule has 0 aliphatic rings. The SMILES string of the molecule is CC(CN)C(=O)NCc1ccccc1-c1ccc(Cn2cncn2)cc1. The fourth-order valence-corrected chi connectivity index (χ4v) is 2.71. The fraction of sp³-hybridized carbons (Fsp3) is 0.250. The van der Waals surface area contributed by atoms with Crippen molar-refractivity contribution in [2.24, 2.45) is 11.7 Å². The maximum absolute atomic E-state index is 12.0. The number of nitrogens with zero attached hydrogens (tertiary/aromatic N) is 3. The third kappa shape index (κ3) is 4.34. The zero-order chi connectivity index (χ0) is 18.4. The third-order valence-electron chi connectivity index (χ3n) is 4.35. The highest BCUT2D eigenvalue weighted by Gasteiger charge is 2.11. The highest BCUT2D eigenvalue weighted by molar-refractivity contribution is 5.79. The molecule has 1 aromatic heterocycles. The van der Waals surface area contributed by atoms with Crippen LogP contribution < -0.4 is 11.1 Å². The number of nitrogens with one attached hydrogen (secondary N) is 1. The largest absolute Gasteiger partial charge is 0.352 e. The van der Waals surface area contributed by atoms with Crippen molar-refractivity contribution in [2.45, 2.75) is 20.0 Å². The Bertz CT molecular complexity index is 843. The van der Waals surface area contributed by atoms with Gasteiger partial charge in [-0.3, -0.25) is 4.79 Å². The van der Waals surface area contributed by atoms with Crippen molar-refractivity contribution in [1.29, 1.82) is 0 Å². The van der Waals surface area contributed by atoms with Gasteiger partial charge in [-0.1, -0.05) is 55.5 Å². The van der Waals surface area contributed by atoms with E-state index in [4.69, 9.17) is 5.73 Å². The van der Waals surface area contributed by atoms with Crippen molar-refractivity contribution < 1.29 is 4.79 Å². The van der Waals surface area contributed by atoms with E-state index in [1.165, 1.54) is 6.33 Å². The second-order valence-corrected chi connectivity index (χ2v) is 6.30. The van der Waals surface area contributed by atoms with Crippen LogP contribution in [-0.4, -0.2) is 27.2 Å². The van der Waals surface area contributed by atoms with Crippen LogP contribution in [0.25, 0.3) is 11.1 Å². The van der Waals surface area contributed by atoms with Gasteiger partial charge >= 0.3 is 0 Å². The van der Waals surface area contributed by atoms with Crippen LogP contribution in [0.2, 0.25) is 0 Å². The first-order chi connectivity index (χ1) is 12.7. The number of hydrogen-bond donors (Lipinski definition) is 2. The third-order valence-corrected chi connectivity index (χ3v) is 4.35. The summed E-state index contributed by atoms with van der Waals surface area (Å²) in [5.74, 6) is -0.205. The number of hydrogen-bond acceptors (Lipinski definition) is 4. The Hall–Kier alpha value is -2.99. The van der Waals surface area contributed by atoms with Gasteiger partial charge < -0.3 is 11.1 Å². The van der Waals surface area contributed by atoms with Crippen molar-refractivity contribution >= 4 is 5.91 Å². The lowest BCUT2D eigenvalue weighted by atomic mass is 9.98. The van der Waals surface area contributed by atoms with Crippen LogP contribution in [0.15, 0.2) is 61.2 Å². The molecule has 3 N–H and O–H groups in total. The van der Waals surface area contributed by atoms with E-state index in [-0.39, 0.29) is 11.8 Å². The van der Waals surface area contributed by atoms with Crippen molar-refractivity contribution in [3.8, 4) is 11.1 Å². The van der Waals surface area contributed by atoms with Gasteiger partial charge in [0.2, 0.25) is 5.91 Å². The molecule has 1 atom stereocenters. The minimum Gasteiger partial charge on any atom is -0.352 e. The van der Waals surface area contributed by atoms with Crippen molar-refractivity contribution in [3.63, 3.8) is 0 Å². The van der Waals surface area contributed by atoms with E-state index >= 15 is 0 Å². The summed E-state index contributed by atoms with van der Waals surface area (Å²) in [6, 6.07) is 16.5. The van der Waals surface area contributed by atoms with E-state index < -0.39 is 0 Å². The summed E-state index contributed by atoms with van der Waals surface area (Å²) >= 11 is 0. The molecule has 134 valence electrons. The van der Waals surface area contributed by atoms with E-state index in [1.54, 1.807) is 11.0 Å². The van der Waals surface area contributed by atoms with Crippen LogP contribution in [0.4, 0.5) is 0 Å². The maximum Gasteiger partial charge on any atom is 0.224 e. The van der Waals surface area contributed by atoms with Crippen LogP contribution in [0, 0.1) is 5.92 Å². The zero-order valence-electron chi connectivity index (χ0n) is 14.8. The Balaban J connectivity index is 1.73. The highest BCUT2D eigenvalue weighted by Crippen LogP contribution is 2.24. The molecular weight excluding hydrogens is 326 g/mol. The molecule has 3 aromatic rings. The van der Waals surface area contributed by atoms with Crippen molar-refractivity contribution in [1.82, 2.24) is 20.1 Å². The van der Waals surface area contributed by atoms with Gasteiger partial charge in [0, 0.05) is 19.0 Å². The molecule has 0 saturated heterocycles. The number of aromatic nitrogens is 3. The normalized spacial score (nSPS) is 11.9. The van der Waals surface area contributed by atoms with Gasteiger partial charge in [-0.2, -0.15) is 5.10 Å². The van der Waals surface area contributed by atoms with Gasteiger partial charge in [0.1, 0.15) is 12.7 Å². The molecule has 1 unspecified atom stereocenters. The first-order valence-corrected chi connectivity index (χ1v) is 8.65. The number of amides is 1. The zero-order valence-corrected chi connectivity index (χ0v) is 14.8. The molecule has 6 nitrogen and oxygen atoms in total. The predicted molar refractivity (Wildman–Crippen MR) is 101 cm³/mol. The smallest absolute Gasteiger partial charge is 0.224 e. The summed E-state index contributed by atoms with van der Waals surface area (Å²) in [4.78, 5) is 15.9. The number of nitrogens with two attached hydrogens (primary N) is 1. The molecule has 0 aliphatic carbocycles. The second-order valence-electron chi connectivity index (χ2n) is 6.30. The molecule has 0 spiro atoms. The minimum atomic E-state index is -0.182. The van der Waals surface area contributed by atoms with Crippen molar-refractivity contribution in [2.75, 3.05) is 6.54 Å². The van der Waals surface area contributed by atoms with Crippen LogP contribution in [0.3, 0.4) is 0 Å². The summed E-state index contributed by atoms with van der Waals surface area (Å²) in [6.45, 7) is 3.35. The number of rotatable bonds is 7. The van der Waals surface area contributed by atoms with E-state index in [0.29, 0.717) is 19.6 Å². The van der Waals surface area contributed by atoms with Crippen molar-refractivity contribution in [3.05, 3.63) is 72.3 Å². The molecule has 0 fully saturated rings. The van der Waals surface area contributed by atoms with Gasteiger partial charge in [-0.05, 0) is 22.3 Å². The van der Waals surface area contributed by atoms with Crippen LogP contribution in [-0.2, 0) is 17.9 Å². The van der Waals surface area contributed by atoms with E-state index in [0.717, 1.165) is 22.3 Å². The van der Waals surface area contributed by atoms with Gasteiger partial charge in [0.25, 0.3) is 0 Å². The predicted octanol–water partition coefficient (Wildman–Crippen LogP) is 2.20. The Morgan fingerprint density at radius 2 is 1.96 bits per heavy atom. The van der Waals surface area contributed by atoms with E-state index in [1.807, 2.05) is 25.1 Å². The van der Waals surface area contributed by atoms with Crippen LogP contribution in [0.1, 0.15) is 18.1 Å². The molecule has 0 saturated carbocycles. The minimum absolute atomic E-state index is 0.0227. The molecular formula is C20H23N5O. The lowest BCUT2D eigenvalue weighted by Crippen LogP contribution is -2.32. The Labute approximate surface area is 153 Å². The highest BCUT2D eigenvalue weighted by atomic mass is 16.1. The average Bonchev–Trinajstić information content (AvgIpc) is 3.19. The Morgan fingerprint density at radius 1 is 1.19 bits per heavy atom. The summed E-state index contributed by atoms with van der Waals surface area (Å²) in [7, 11) is 0. The first kappa shape index (κ1) is 17.8. The molecule has 1 amide bonds. The Morgan fingerprint density at radius 3 is 2.65 bits per heavy atom. The summed E-state index contributed by atoms with van der Waals surface area (Å²) in [5, 5.41) is 7.09. The Kier molecular flexibility index (Phi) is 5.76. The molecule has 6 heteroatoms. The van der Waals surface area contributed by atoms with Gasteiger partial charge in [-0.15, -0.1) is 0 Å². The number of carbonyl (C=O) groups excluding carboxylic acids is 1.